The van der Waals surface area contributed by atoms with Crippen molar-refractivity contribution in [3.05, 3.63) is 70.0 Å². The van der Waals surface area contributed by atoms with Crippen LogP contribution in [0.3, 0.4) is 0 Å². The van der Waals surface area contributed by atoms with Gasteiger partial charge in [-0.2, -0.15) is 13.2 Å². The van der Waals surface area contributed by atoms with Crippen LogP contribution < -0.4 is 5.73 Å². The minimum Gasteiger partial charge on any atom is -0.320 e. The van der Waals surface area contributed by atoms with Crippen LogP contribution in [0.1, 0.15) is 33.9 Å². The topological polar surface area (TPSA) is 26.0 Å². The average Bonchev–Trinajstić information content (AvgIpc) is 2.37. The van der Waals surface area contributed by atoms with Gasteiger partial charge in [-0.3, -0.25) is 0 Å². The second-order valence-electron chi connectivity index (χ2n) is 5.07. The van der Waals surface area contributed by atoms with Gasteiger partial charge in [0.05, 0.1) is 11.6 Å². The summed E-state index contributed by atoms with van der Waals surface area (Å²) >= 11 is 0. The summed E-state index contributed by atoms with van der Waals surface area (Å²) in [5.41, 5.74) is 7.63. The first-order valence-electron chi connectivity index (χ1n) is 6.39. The summed E-state index contributed by atoms with van der Waals surface area (Å²) in [7, 11) is 0. The molecule has 0 aromatic heterocycles. The molecule has 0 amide bonds. The van der Waals surface area contributed by atoms with Crippen molar-refractivity contribution in [1.29, 1.82) is 0 Å². The standard InChI is InChI=1S/C16H15F4N/c1-9-3-5-12(10(2)7-9)15(21)11-4-6-14(17)13(8-11)16(18,19)20/h3-8,15H,21H2,1-2H3. The minimum absolute atomic E-state index is 0.232. The largest absolute Gasteiger partial charge is 0.419 e. The highest BCUT2D eigenvalue weighted by atomic mass is 19.4. The molecule has 1 unspecified atom stereocenters. The van der Waals surface area contributed by atoms with E-state index in [4.69, 9.17) is 5.73 Å². The number of hydrogen-bond donors (Lipinski definition) is 1. The Morgan fingerprint density at radius 2 is 1.67 bits per heavy atom. The second-order valence-corrected chi connectivity index (χ2v) is 5.07. The Labute approximate surface area is 120 Å². The van der Waals surface area contributed by atoms with Crippen LogP contribution in [0, 0.1) is 19.7 Å². The zero-order valence-electron chi connectivity index (χ0n) is 11.6. The van der Waals surface area contributed by atoms with Crippen LogP contribution >= 0.6 is 0 Å². The number of aryl methyl sites for hydroxylation is 2. The van der Waals surface area contributed by atoms with Crippen LogP contribution in [-0.2, 0) is 6.18 Å². The Morgan fingerprint density at radius 1 is 1.00 bits per heavy atom. The molecule has 0 saturated carbocycles. The van der Waals surface area contributed by atoms with Gasteiger partial charge in [0.1, 0.15) is 5.82 Å². The molecule has 1 atom stereocenters. The van der Waals surface area contributed by atoms with Crippen molar-refractivity contribution in [3.63, 3.8) is 0 Å². The van der Waals surface area contributed by atoms with Crippen molar-refractivity contribution >= 4 is 0 Å². The molecule has 0 aliphatic heterocycles. The fraction of sp³-hybridized carbons (Fsp3) is 0.250. The fourth-order valence-corrected chi connectivity index (χ4v) is 2.31. The molecule has 112 valence electrons. The molecule has 0 fully saturated rings. The van der Waals surface area contributed by atoms with Gasteiger partial charge in [-0.1, -0.05) is 29.8 Å². The van der Waals surface area contributed by atoms with Crippen LogP contribution in [0.15, 0.2) is 36.4 Å². The maximum atomic E-state index is 13.3. The molecule has 0 heterocycles. The van der Waals surface area contributed by atoms with E-state index in [1.165, 1.54) is 6.07 Å². The Balaban J connectivity index is 2.46. The number of halogens is 4. The van der Waals surface area contributed by atoms with E-state index < -0.39 is 23.6 Å². The SMILES string of the molecule is Cc1ccc(C(N)c2ccc(F)c(C(F)(F)F)c2)c(C)c1. The first kappa shape index (κ1) is 15.5. The van der Waals surface area contributed by atoms with Crippen molar-refractivity contribution in [2.75, 3.05) is 0 Å². The van der Waals surface area contributed by atoms with Crippen molar-refractivity contribution in [3.8, 4) is 0 Å². The Bertz CT molecular complexity index is 662. The van der Waals surface area contributed by atoms with Crippen LogP contribution in [-0.4, -0.2) is 0 Å². The highest BCUT2D eigenvalue weighted by Crippen LogP contribution is 2.34. The lowest BCUT2D eigenvalue weighted by molar-refractivity contribution is -0.140. The quantitative estimate of drug-likeness (QED) is 0.811. The lowest BCUT2D eigenvalue weighted by Crippen LogP contribution is -2.16. The van der Waals surface area contributed by atoms with Gasteiger partial charge in [0.25, 0.3) is 0 Å². The van der Waals surface area contributed by atoms with E-state index in [2.05, 4.69) is 0 Å². The van der Waals surface area contributed by atoms with Gasteiger partial charge in [0.15, 0.2) is 0 Å². The summed E-state index contributed by atoms with van der Waals surface area (Å²) in [5.74, 6) is -1.29. The first-order valence-corrected chi connectivity index (χ1v) is 6.39. The van der Waals surface area contributed by atoms with E-state index >= 15 is 0 Å². The van der Waals surface area contributed by atoms with Crippen molar-refractivity contribution < 1.29 is 17.6 Å². The number of hydrogen-bond acceptors (Lipinski definition) is 1. The molecule has 0 bridgehead atoms. The third-order valence-corrected chi connectivity index (χ3v) is 3.42. The van der Waals surface area contributed by atoms with E-state index in [1.54, 1.807) is 6.07 Å². The van der Waals surface area contributed by atoms with Gasteiger partial charge < -0.3 is 5.73 Å². The summed E-state index contributed by atoms with van der Waals surface area (Å²) in [4.78, 5) is 0. The molecular formula is C16H15F4N. The van der Waals surface area contributed by atoms with Gasteiger partial charge in [0, 0.05) is 0 Å². The third kappa shape index (κ3) is 3.24. The van der Waals surface area contributed by atoms with Gasteiger partial charge in [0.2, 0.25) is 0 Å². The minimum atomic E-state index is -4.73. The molecule has 2 aromatic carbocycles. The van der Waals surface area contributed by atoms with Crippen LogP contribution in [0.5, 0.6) is 0 Å². The summed E-state index contributed by atoms with van der Waals surface area (Å²) in [6.45, 7) is 3.76. The van der Waals surface area contributed by atoms with E-state index in [0.29, 0.717) is 0 Å². The van der Waals surface area contributed by atoms with Crippen molar-refractivity contribution in [1.82, 2.24) is 0 Å². The van der Waals surface area contributed by atoms with E-state index in [-0.39, 0.29) is 5.56 Å². The van der Waals surface area contributed by atoms with Crippen LogP contribution in [0.25, 0.3) is 0 Å². The number of benzene rings is 2. The smallest absolute Gasteiger partial charge is 0.320 e. The predicted molar refractivity (Wildman–Crippen MR) is 73.3 cm³/mol. The second kappa shape index (κ2) is 5.48. The first-order chi connectivity index (χ1) is 9.70. The number of nitrogens with two attached hydrogens (primary N) is 1. The Hall–Kier alpha value is -1.88. The molecule has 0 aliphatic rings. The van der Waals surface area contributed by atoms with Gasteiger partial charge >= 0.3 is 6.18 Å². The molecule has 1 nitrogen and oxygen atoms in total. The normalized spacial score (nSPS) is 13.3. The zero-order chi connectivity index (χ0) is 15.8. The monoisotopic (exact) mass is 297 g/mol. The molecule has 21 heavy (non-hydrogen) atoms. The molecule has 0 aliphatic carbocycles. The molecule has 0 spiro atoms. The lowest BCUT2D eigenvalue weighted by Gasteiger charge is -2.18. The van der Waals surface area contributed by atoms with Crippen LogP contribution in [0.2, 0.25) is 0 Å². The number of alkyl halides is 3. The van der Waals surface area contributed by atoms with Gasteiger partial charge in [-0.25, -0.2) is 4.39 Å². The third-order valence-electron chi connectivity index (χ3n) is 3.42. The van der Waals surface area contributed by atoms with E-state index in [0.717, 1.165) is 28.8 Å². The zero-order valence-corrected chi connectivity index (χ0v) is 11.6. The Kier molecular flexibility index (Phi) is 4.05. The molecule has 0 radical (unpaired) electrons. The Morgan fingerprint density at radius 3 is 2.24 bits per heavy atom. The summed E-state index contributed by atoms with van der Waals surface area (Å²) in [6, 6.07) is 7.67. The molecule has 2 rings (SSSR count). The molecule has 2 N–H and O–H groups in total. The predicted octanol–water partition coefficient (Wildman–Crippen LogP) is 4.51. The molecular weight excluding hydrogens is 282 g/mol. The number of rotatable bonds is 2. The molecule has 5 heteroatoms. The summed E-state index contributed by atoms with van der Waals surface area (Å²) in [5, 5.41) is 0. The average molecular weight is 297 g/mol. The summed E-state index contributed by atoms with van der Waals surface area (Å²) in [6.07, 6.45) is -4.73. The lowest BCUT2D eigenvalue weighted by atomic mass is 9.93. The fourth-order valence-electron chi connectivity index (χ4n) is 2.31. The van der Waals surface area contributed by atoms with Crippen LogP contribution in [0.4, 0.5) is 17.6 Å². The summed E-state index contributed by atoms with van der Waals surface area (Å²) < 4.78 is 51.5. The van der Waals surface area contributed by atoms with E-state index in [9.17, 15) is 17.6 Å². The van der Waals surface area contributed by atoms with Crippen molar-refractivity contribution in [2.24, 2.45) is 5.73 Å². The van der Waals surface area contributed by atoms with Crippen molar-refractivity contribution in [2.45, 2.75) is 26.1 Å². The highest BCUT2D eigenvalue weighted by Gasteiger charge is 2.34. The maximum absolute atomic E-state index is 13.3. The maximum Gasteiger partial charge on any atom is 0.419 e. The highest BCUT2D eigenvalue weighted by molar-refractivity contribution is 5.40. The van der Waals surface area contributed by atoms with Gasteiger partial charge in [-0.05, 0) is 42.7 Å². The molecule has 0 saturated heterocycles. The van der Waals surface area contributed by atoms with E-state index in [1.807, 2.05) is 26.0 Å². The molecule has 2 aromatic rings. The van der Waals surface area contributed by atoms with Gasteiger partial charge in [-0.15, -0.1) is 0 Å².